The third-order valence-electron chi connectivity index (χ3n) is 9.46. The number of carbonyl (C=O) groups is 7. The van der Waals surface area contributed by atoms with Gasteiger partial charge >= 0.3 is 36.0 Å². The first-order chi connectivity index (χ1) is 32.4. The van der Waals surface area contributed by atoms with Crippen molar-refractivity contribution in [3.05, 3.63) is 70.3 Å². The minimum atomic E-state index is -1.48. The van der Waals surface area contributed by atoms with Crippen molar-refractivity contribution in [2.75, 3.05) is 26.0 Å². The molecule has 2 aromatic rings. The number of esters is 1. The molecule has 0 spiro atoms. The summed E-state index contributed by atoms with van der Waals surface area (Å²) in [5, 5.41) is 7.98. The second-order valence-corrected chi connectivity index (χ2v) is 21.7. The molecule has 1 aliphatic rings. The topological polar surface area (TPSA) is 265 Å². The van der Waals surface area contributed by atoms with Crippen LogP contribution in [0.15, 0.2) is 58.5 Å². The number of hydrogen-bond donors (Lipinski definition) is 3. The summed E-state index contributed by atoms with van der Waals surface area (Å²) in [6.45, 7) is 25.1. The van der Waals surface area contributed by atoms with E-state index in [1.165, 1.54) is 36.4 Å². The monoisotopic (exact) mass is 997 g/mol. The van der Waals surface area contributed by atoms with Gasteiger partial charge in [-0.1, -0.05) is 39.0 Å². The number of methoxy groups -OCH3 is 1. The molecule has 71 heavy (non-hydrogen) atoms. The summed E-state index contributed by atoms with van der Waals surface area (Å²) in [4.78, 5) is 117. The highest BCUT2D eigenvalue weighted by molar-refractivity contribution is 6.10. The smallest absolute Gasteiger partial charge is 0.437 e. The summed E-state index contributed by atoms with van der Waals surface area (Å²) < 4.78 is 34.0. The zero-order valence-corrected chi connectivity index (χ0v) is 44.0. The van der Waals surface area contributed by atoms with Crippen molar-refractivity contribution in [1.82, 2.24) is 30.0 Å². The van der Waals surface area contributed by atoms with Gasteiger partial charge in [-0.15, -0.1) is 9.89 Å². The van der Waals surface area contributed by atoms with Gasteiger partial charge in [-0.25, -0.2) is 28.8 Å². The lowest BCUT2D eigenvalue weighted by Gasteiger charge is -2.33. The van der Waals surface area contributed by atoms with Crippen LogP contribution in [0.3, 0.4) is 0 Å². The first-order valence-electron chi connectivity index (χ1n) is 23.0. The van der Waals surface area contributed by atoms with Crippen LogP contribution in [0.4, 0.5) is 25.0 Å². The summed E-state index contributed by atoms with van der Waals surface area (Å²) >= 11 is 0. The Hall–Kier alpha value is -6.84. The molecule has 4 atom stereocenters. The van der Waals surface area contributed by atoms with Crippen molar-refractivity contribution < 1.29 is 62.0 Å². The standard InChI is InChI=1S/C49H72N8O14/c1-45(2,3)30-20-18-29(19-21-30)37(59)52-33-25-27-56(40(61)53-33)35-23-22-32(36(67-35)38(60)66-17)51-34(58)28-31(50-41(62)68-46(4,5)6)24-26-55(16)39(54-42(63)69-47(7,8)9)57(43(64)70-48(10,11)12)44(65)71-49(13,14)15/h18-23,25,27,31-32,35-36H,24,26,28H2,1-17H3,(H,50,62)(H,51,58)(H,52,53,59,61)/b54-39+/t31-,32-,35+,36-/m0/s1. The molecule has 3 rings (SSSR count). The maximum atomic E-state index is 13.9. The molecule has 0 saturated carbocycles. The fourth-order valence-corrected chi connectivity index (χ4v) is 6.33. The van der Waals surface area contributed by atoms with E-state index in [-0.39, 0.29) is 24.2 Å². The number of aliphatic imine (C=N–C) groups is 1. The second-order valence-electron chi connectivity index (χ2n) is 21.7. The summed E-state index contributed by atoms with van der Waals surface area (Å²) in [5.74, 6) is -2.66. The van der Waals surface area contributed by atoms with Crippen molar-refractivity contribution in [2.45, 2.75) is 169 Å². The zero-order valence-electron chi connectivity index (χ0n) is 44.0. The van der Waals surface area contributed by atoms with Crippen molar-refractivity contribution in [3.8, 4) is 0 Å². The number of ether oxygens (including phenoxy) is 6. The van der Waals surface area contributed by atoms with E-state index >= 15 is 0 Å². The Bertz CT molecular complexity index is 2350. The second kappa shape index (κ2) is 23.4. The number of alkyl carbamates (subject to hydrolysis) is 1. The lowest BCUT2D eigenvalue weighted by atomic mass is 9.87. The van der Waals surface area contributed by atoms with Gasteiger partial charge in [0.05, 0.1) is 13.2 Å². The van der Waals surface area contributed by atoms with E-state index in [2.05, 4.69) is 46.7 Å². The van der Waals surface area contributed by atoms with Gasteiger partial charge in [0.15, 0.2) is 12.3 Å². The van der Waals surface area contributed by atoms with Gasteiger partial charge in [0.1, 0.15) is 28.2 Å². The van der Waals surface area contributed by atoms with Gasteiger partial charge in [-0.3, -0.25) is 14.2 Å². The number of nitrogens with one attached hydrogen (secondary N) is 3. The molecule has 0 saturated heterocycles. The Kier molecular flexibility index (Phi) is 19.3. The Balaban J connectivity index is 1.91. The Morgan fingerprint density at radius 2 is 1.32 bits per heavy atom. The van der Waals surface area contributed by atoms with E-state index in [9.17, 15) is 38.4 Å². The normalized spacial score (nSPS) is 16.9. The Morgan fingerprint density at radius 1 is 0.775 bits per heavy atom. The number of imide groups is 1. The van der Waals surface area contributed by atoms with Crippen LogP contribution in [0, 0.1) is 0 Å². The van der Waals surface area contributed by atoms with Crippen LogP contribution < -0.4 is 21.6 Å². The average molecular weight is 997 g/mol. The van der Waals surface area contributed by atoms with E-state index in [0.717, 1.165) is 17.2 Å². The number of aromatic nitrogens is 2. The third-order valence-corrected chi connectivity index (χ3v) is 9.46. The van der Waals surface area contributed by atoms with Crippen molar-refractivity contribution in [2.24, 2.45) is 4.99 Å². The highest BCUT2D eigenvalue weighted by Gasteiger charge is 2.39. The molecule has 0 aliphatic carbocycles. The van der Waals surface area contributed by atoms with Gasteiger partial charge in [0, 0.05) is 37.8 Å². The van der Waals surface area contributed by atoms with Crippen LogP contribution in [-0.2, 0) is 43.4 Å². The molecular formula is C49H72N8O14. The number of amides is 6. The molecule has 1 aromatic carbocycles. The van der Waals surface area contributed by atoms with Crippen LogP contribution >= 0.6 is 0 Å². The molecule has 392 valence electrons. The SMILES string of the molecule is COC(=O)[C@H]1O[C@@H](n2ccc(NC(=O)c3ccc(C(C)(C)C)cc3)nc2=O)C=C[C@@H]1NC(=O)C[C@H](CCN(C)/C(=N\C(=O)OC(C)(C)C)N(C(=O)OC(C)(C)C)C(=O)OC(C)(C)C)NC(=O)OC(C)(C)C. The molecule has 0 fully saturated rings. The van der Waals surface area contributed by atoms with Gasteiger partial charge in [0.2, 0.25) is 11.9 Å². The minimum absolute atomic E-state index is 0.0266. The number of nitrogens with zero attached hydrogens (tertiary/aromatic N) is 5. The Labute approximate surface area is 415 Å². The minimum Gasteiger partial charge on any atom is -0.467 e. The fourth-order valence-electron chi connectivity index (χ4n) is 6.33. The summed E-state index contributed by atoms with van der Waals surface area (Å²) in [5.41, 5.74) is -3.75. The molecular weight excluding hydrogens is 925 g/mol. The molecule has 0 unspecified atom stereocenters. The van der Waals surface area contributed by atoms with E-state index in [0.29, 0.717) is 10.5 Å². The number of carbonyl (C=O) groups excluding carboxylic acids is 7. The van der Waals surface area contributed by atoms with Crippen molar-refractivity contribution in [3.63, 3.8) is 0 Å². The number of anilines is 1. The molecule has 1 aliphatic heterocycles. The quantitative estimate of drug-likeness (QED) is 0.0674. The number of guanidine groups is 1. The maximum absolute atomic E-state index is 13.9. The van der Waals surface area contributed by atoms with Crippen LogP contribution in [0.25, 0.3) is 0 Å². The zero-order chi connectivity index (χ0) is 54.0. The molecule has 0 bridgehead atoms. The lowest BCUT2D eigenvalue weighted by Crippen LogP contribution is -2.53. The van der Waals surface area contributed by atoms with E-state index in [1.807, 2.05) is 12.1 Å². The van der Waals surface area contributed by atoms with Crippen LogP contribution in [0.5, 0.6) is 0 Å². The third kappa shape index (κ3) is 19.5. The fraction of sp³-hybridized carbons (Fsp3) is 0.592. The van der Waals surface area contributed by atoms with Crippen LogP contribution in [0.1, 0.15) is 139 Å². The molecule has 0 radical (unpaired) electrons. The molecule has 3 N–H and O–H groups in total. The van der Waals surface area contributed by atoms with Gasteiger partial charge < -0.3 is 49.3 Å². The van der Waals surface area contributed by atoms with Gasteiger partial charge in [0.25, 0.3) is 5.91 Å². The van der Waals surface area contributed by atoms with Crippen LogP contribution in [0.2, 0.25) is 0 Å². The number of benzene rings is 1. The highest BCUT2D eigenvalue weighted by Crippen LogP contribution is 2.25. The average Bonchev–Trinajstić information content (AvgIpc) is 3.19. The van der Waals surface area contributed by atoms with Crippen molar-refractivity contribution in [1.29, 1.82) is 0 Å². The van der Waals surface area contributed by atoms with Crippen molar-refractivity contribution >= 4 is 53.9 Å². The predicted octanol–water partition coefficient (Wildman–Crippen LogP) is 6.97. The van der Waals surface area contributed by atoms with E-state index < -0.39 is 107 Å². The molecule has 6 amide bonds. The van der Waals surface area contributed by atoms with Gasteiger partial charge in [-0.2, -0.15) is 4.98 Å². The predicted molar refractivity (Wildman–Crippen MR) is 262 cm³/mol. The molecule has 22 heteroatoms. The maximum Gasteiger partial charge on any atom is 0.437 e. The summed E-state index contributed by atoms with van der Waals surface area (Å²) in [6.07, 6.45) is -3.56. The van der Waals surface area contributed by atoms with E-state index in [1.54, 1.807) is 95.2 Å². The highest BCUT2D eigenvalue weighted by atomic mass is 16.6. The van der Waals surface area contributed by atoms with E-state index in [4.69, 9.17) is 28.4 Å². The molecule has 1 aromatic heterocycles. The lowest BCUT2D eigenvalue weighted by molar-refractivity contribution is -0.163. The summed E-state index contributed by atoms with van der Waals surface area (Å²) in [6, 6.07) is 6.25. The molecule has 2 heterocycles. The van der Waals surface area contributed by atoms with Crippen LogP contribution in [-0.4, -0.2) is 129 Å². The molecule has 22 nitrogen and oxygen atoms in total. The summed E-state index contributed by atoms with van der Waals surface area (Å²) in [7, 11) is 2.51. The Morgan fingerprint density at radius 3 is 1.82 bits per heavy atom. The first kappa shape index (κ1) is 58.5. The van der Waals surface area contributed by atoms with Gasteiger partial charge in [-0.05, 0) is 125 Å². The number of hydrogen-bond acceptors (Lipinski definition) is 15. The first-order valence-corrected chi connectivity index (χ1v) is 23.0. The number of rotatable bonds is 11. The largest absolute Gasteiger partial charge is 0.467 e.